The number of hydrogen-bond acceptors (Lipinski definition) is 2. The summed E-state index contributed by atoms with van der Waals surface area (Å²) < 4.78 is 8.03. The molecule has 0 aliphatic heterocycles. The van der Waals surface area contributed by atoms with Crippen molar-refractivity contribution in [3.05, 3.63) is 16.6 Å². The highest BCUT2D eigenvalue weighted by Crippen LogP contribution is 2.09. The normalized spacial score (nSPS) is 10.5. The van der Waals surface area contributed by atoms with Crippen LogP contribution in [0.1, 0.15) is 12.6 Å². The maximum Gasteiger partial charge on any atom is 0.177 e. The van der Waals surface area contributed by atoms with Crippen molar-refractivity contribution in [2.45, 2.75) is 13.5 Å². The summed E-state index contributed by atoms with van der Waals surface area (Å²) in [5, 5.41) is 0. The zero-order chi connectivity index (χ0) is 8.27. The zero-order valence-electron chi connectivity index (χ0n) is 6.67. The first-order valence-electron chi connectivity index (χ1n) is 3.49. The first-order valence-corrected chi connectivity index (χ1v) is 4.28. The maximum atomic E-state index is 5.23. The van der Waals surface area contributed by atoms with Crippen molar-refractivity contribution in [2.24, 2.45) is 7.05 Å². The first kappa shape index (κ1) is 8.74. The fourth-order valence-electron chi connectivity index (χ4n) is 0.760. The number of hydrogen-bond donors (Lipinski definition) is 0. The largest absolute Gasteiger partial charge is 0.375 e. The van der Waals surface area contributed by atoms with Crippen LogP contribution in [-0.4, -0.2) is 16.2 Å². The van der Waals surface area contributed by atoms with Gasteiger partial charge in [0.1, 0.15) is 0 Å². The van der Waals surface area contributed by atoms with Gasteiger partial charge in [-0.15, -0.1) is 0 Å². The van der Waals surface area contributed by atoms with Crippen LogP contribution in [0, 0.1) is 0 Å². The van der Waals surface area contributed by atoms with Gasteiger partial charge in [-0.3, -0.25) is 0 Å². The molecule has 62 valence electrons. The fourth-order valence-corrected chi connectivity index (χ4v) is 1.09. The average molecular weight is 219 g/mol. The Morgan fingerprint density at radius 1 is 1.73 bits per heavy atom. The Bertz CT molecular complexity index is 234. The summed E-state index contributed by atoms with van der Waals surface area (Å²) in [6.45, 7) is 3.35. The van der Waals surface area contributed by atoms with Crippen LogP contribution in [0.25, 0.3) is 0 Å². The van der Waals surface area contributed by atoms with Gasteiger partial charge in [0, 0.05) is 13.7 Å². The third-order valence-electron chi connectivity index (χ3n) is 1.48. The minimum atomic E-state index is 0.631. The lowest BCUT2D eigenvalue weighted by molar-refractivity contribution is 0.129. The van der Waals surface area contributed by atoms with Gasteiger partial charge >= 0.3 is 0 Å². The molecule has 0 radical (unpaired) electrons. The molecule has 0 bridgehead atoms. The van der Waals surface area contributed by atoms with Gasteiger partial charge in [-0.2, -0.15) is 0 Å². The molecule has 0 atom stereocenters. The minimum Gasteiger partial charge on any atom is -0.375 e. The molecule has 1 rings (SSSR count). The van der Waals surface area contributed by atoms with Gasteiger partial charge in [0.2, 0.25) is 0 Å². The van der Waals surface area contributed by atoms with Gasteiger partial charge in [0.15, 0.2) is 4.73 Å². The summed E-state index contributed by atoms with van der Waals surface area (Å²) in [5.74, 6) is 0. The van der Waals surface area contributed by atoms with Crippen molar-refractivity contribution in [2.75, 3.05) is 6.61 Å². The van der Waals surface area contributed by atoms with Gasteiger partial charge < -0.3 is 9.30 Å². The summed E-state index contributed by atoms with van der Waals surface area (Å²) in [7, 11) is 1.95. The van der Waals surface area contributed by atoms with E-state index in [2.05, 4.69) is 20.9 Å². The molecule has 0 aromatic carbocycles. The first-order chi connectivity index (χ1) is 5.25. The summed E-state index contributed by atoms with van der Waals surface area (Å²) in [6.07, 6.45) is 1.81. The molecule has 0 spiro atoms. The van der Waals surface area contributed by atoms with E-state index in [1.165, 1.54) is 0 Å². The topological polar surface area (TPSA) is 27.1 Å². The van der Waals surface area contributed by atoms with Crippen LogP contribution in [0.5, 0.6) is 0 Å². The fraction of sp³-hybridized carbons (Fsp3) is 0.571. The van der Waals surface area contributed by atoms with Crippen molar-refractivity contribution in [3.8, 4) is 0 Å². The Kier molecular flexibility index (Phi) is 3.08. The Morgan fingerprint density at radius 2 is 2.45 bits per heavy atom. The number of imidazole rings is 1. The van der Waals surface area contributed by atoms with Crippen molar-refractivity contribution in [3.63, 3.8) is 0 Å². The van der Waals surface area contributed by atoms with Gasteiger partial charge in [-0.25, -0.2) is 4.98 Å². The molecule has 1 heterocycles. The molecule has 0 fully saturated rings. The summed E-state index contributed by atoms with van der Waals surface area (Å²) >= 11 is 3.30. The second-order valence-corrected chi connectivity index (χ2v) is 2.92. The number of halogens is 1. The van der Waals surface area contributed by atoms with Crippen LogP contribution < -0.4 is 0 Å². The van der Waals surface area contributed by atoms with Crippen LogP contribution in [0.4, 0.5) is 0 Å². The predicted molar refractivity (Wildman–Crippen MR) is 46.2 cm³/mol. The highest BCUT2D eigenvalue weighted by Gasteiger charge is 2.01. The Morgan fingerprint density at radius 3 is 2.91 bits per heavy atom. The molecule has 4 heteroatoms. The van der Waals surface area contributed by atoms with Gasteiger partial charge in [0.25, 0.3) is 0 Å². The van der Waals surface area contributed by atoms with Crippen LogP contribution in [-0.2, 0) is 18.4 Å². The molecule has 1 aromatic heterocycles. The summed E-state index contributed by atoms with van der Waals surface area (Å²) in [4.78, 5) is 4.07. The van der Waals surface area contributed by atoms with Gasteiger partial charge in [-0.05, 0) is 22.9 Å². The van der Waals surface area contributed by atoms with E-state index in [-0.39, 0.29) is 0 Å². The van der Waals surface area contributed by atoms with E-state index in [4.69, 9.17) is 4.74 Å². The third kappa shape index (κ3) is 2.04. The van der Waals surface area contributed by atoms with E-state index in [1.54, 1.807) is 6.20 Å². The molecular formula is C7H11BrN2O. The Labute approximate surface area is 74.5 Å². The number of nitrogens with zero attached hydrogens (tertiary/aromatic N) is 2. The molecule has 0 unspecified atom stereocenters. The van der Waals surface area contributed by atoms with Crippen molar-refractivity contribution >= 4 is 15.9 Å². The lowest BCUT2D eigenvalue weighted by Gasteiger charge is -2.01. The maximum absolute atomic E-state index is 5.23. The molecule has 3 nitrogen and oxygen atoms in total. The van der Waals surface area contributed by atoms with Crippen LogP contribution in [0.15, 0.2) is 10.9 Å². The molecule has 0 saturated heterocycles. The number of aromatic nitrogens is 2. The SMILES string of the molecule is CCOCc1cnc(Br)n1C. The Balaban J connectivity index is 2.63. The molecular weight excluding hydrogens is 208 g/mol. The van der Waals surface area contributed by atoms with Crippen molar-refractivity contribution in [1.29, 1.82) is 0 Å². The Hall–Kier alpha value is -0.350. The lowest BCUT2D eigenvalue weighted by atomic mass is 10.5. The van der Waals surface area contributed by atoms with E-state index < -0.39 is 0 Å². The van der Waals surface area contributed by atoms with Crippen LogP contribution in [0.2, 0.25) is 0 Å². The number of rotatable bonds is 3. The summed E-state index contributed by atoms with van der Waals surface area (Å²) in [6, 6.07) is 0. The van der Waals surface area contributed by atoms with Crippen molar-refractivity contribution in [1.82, 2.24) is 9.55 Å². The monoisotopic (exact) mass is 218 g/mol. The van der Waals surface area contributed by atoms with E-state index in [1.807, 2.05) is 18.5 Å². The average Bonchev–Trinajstić information content (AvgIpc) is 2.31. The molecule has 1 aromatic rings. The van der Waals surface area contributed by atoms with Gasteiger partial charge in [0.05, 0.1) is 18.5 Å². The number of ether oxygens (including phenoxy) is 1. The standard InChI is InChI=1S/C7H11BrN2O/c1-3-11-5-6-4-9-7(8)10(6)2/h4H,3,5H2,1-2H3. The lowest BCUT2D eigenvalue weighted by Crippen LogP contribution is -1.99. The molecule has 0 aliphatic rings. The highest BCUT2D eigenvalue weighted by molar-refractivity contribution is 9.10. The van der Waals surface area contributed by atoms with E-state index >= 15 is 0 Å². The zero-order valence-corrected chi connectivity index (χ0v) is 8.26. The second-order valence-electron chi connectivity index (χ2n) is 2.21. The molecule has 0 saturated carbocycles. The van der Waals surface area contributed by atoms with Crippen molar-refractivity contribution < 1.29 is 4.74 Å². The van der Waals surface area contributed by atoms with Gasteiger partial charge in [-0.1, -0.05) is 0 Å². The van der Waals surface area contributed by atoms with E-state index in [0.717, 1.165) is 17.0 Å². The van der Waals surface area contributed by atoms with E-state index in [0.29, 0.717) is 6.61 Å². The third-order valence-corrected chi connectivity index (χ3v) is 2.22. The smallest absolute Gasteiger partial charge is 0.177 e. The molecule has 11 heavy (non-hydrogen) atoms. The van der Waals surface area contributed by atoms with Crippen LogP contribution >= 0.6 is 15.9 Å². The predicted octanol–water partition coefficient (Wildman–Crippen LogP) is 1.72. The van der Waals surface area contributed by atoms with E-state index in [9.17, 15) is 0 Å². The van der Waals surface area contributed by atoms with Crippen LogP contribution in [0.3, 0.4) is 0 Å². The second kappa shape index (κ2) is 3.88. The molecule has 0 N–H and O–H groups in total. The highest BCUT2D eigenvalue weighted by atomic mass is 79.9. The molecule has 0 aliphatic carbocycles. The summed E-state index contributed by atoms with van der Waals surface area (Å²) in [5.41, 5.74) is 1.08. The molecule has 0 amide bonds. The quantitative estimate of drug-likeness (QED) is 0.773. The minimum absolute atomic E-state index is 0.631.